The number of hydrogen-bond donors (Lipinski definition) is 1. The summed E-state index contributed by atoms with van der Waals surface area (Å²) in [5.74, 6) is 0.786. The maximum Gasteiger partial charge on any atom is 0.0482 e. The monoisotopic (exact) mass is 281 g/mol. The van der Waals surface area contributed by atoms with E-state index in [9.17, 15) is 0 Å². The second-order valence-corrected chi connectivity index (χ2v) is 5.85. The Morgan fingerprint density at radius 1 is 1.26 bits per heavy atom. The van der Waals surface area contributed by atoms with Crippen LogP contribution in [-0.4, -0.2) is 7.05 Å². The first-order chi connectivity index (χ1) is 9.13. The van der Waals surface area contributed by atoms with E-state index in [1.165, 1.54) is 43.2 Å². The molecule has 2 unspecified atom stereocenters. The Bertz CT molecular complexity index is 376. The standard InChI is InChI=1S/C17H28ClN/c1-5-7-10-14(6-2)12-16(19-4)15-11-8-9-13(3)17(15)18/h8-9,11,14,16,19H,5-7,10,12H2,1-4H3. The highest BCUT2D eigenvalue weighted by Gasteiger charge is 2.18. The van der Waals surface area contributed by atoms with Gasteiger partial charge in [-0.05, 0) is 37.4 Å². The van der Waals surface area contributed by atoms with Crippen LogP contribution in [0.1, 0.15) is 63.1 Å². The molecule has 0 saturated heterocycles. The van der Waals surface area contributed by atoms with Crippen LogP contribution >= 0.6 is 11.6 Å². The summed E-state index contributed by atoms with van der Waals surface area (Å²) in [6, 6.07) is 6.71. The van der Waals surface area contributed by atoms with Gasteiger partial charge in [0.15, 0.2) is 0 Å². The van der Waals surface area contributed by atoms with Gasteiger partial charge in [-0.15, -0.1) is 0 Å². The smallest absolute Gasteiger partial charge is 0.0482 e. The minimum atomic E-state index is 0.370. The van der Waals surface area contributed by atoms with Crippen LogP contribution in [0.15, 0.2) is 18.2 Å². The van der Waals surface area contributed by atoms with Crippen LogP contribution in [0.4, 0.5) is 0 Å². The van der Waals surface area contributed by atoms with Gasteiger partial charge in [0.1, 0.15) is 0 Å². The number of unbranched alkanes of at least 4 members (excludes halogenated alkanes) is 1. The molecule has 0 heterocycles. The van der Waals surface area contributed by atoms with E-state index in [-0.39, 0.29) is 0 Å². The molecule has 0 aliphatic rings. The van der Waals surface area contributed by atoms with Gasteiger partial charge < -0.3 is 5.32 Å². The molecule has 2 atom stereocenters. The van der Waals surface area contributed by atoms with E-state index in [4.69, 9.17) is 11.6 Å². The van der Waals surface area contributed by atoms with Crippen molar-refractivity contribution in [1.82, 2.24) is 5.32 Å². The third-order valence-electron chi connectivity index (χ3n) is 4.06. The third-order valence-corrected chi connectivity index (χ3v) is 4.57. The Hall–Kier alpha value is -0.530. The summed E-state index contributed by atoms with van der Waals surface area (Å²) >= 11 is 6.46. The predicted molar refractivity (Wildman–Crippen MR) is 85.9 cm³/mol. The summed E-state index contributed by atoms with van der Waals surface area (Å²) in [6.45, 7) is 6.64. The zero-order valence-electron chi connectivity index (χ0n) is 12.8. The first-order valence-corrected chi connectivity index (χ1v) is 7.94. The Balaban J connectivity index is 2.79. The third kappa shape index (κ3) is 4.81. The predicted octanol–water partition coefficient (Wildman–Crippen LogP) is 5.52. The molecule has 108 valence electrons. The lowest BCUT2D eigenvalue weighted by molar-refractivity contribution is 0.365. The maximum absolute atomic E-state index is 6.46. The van der Waals surface area contributed by atoms with Crippen molar-refractivity contribution in [2.24, 2.45) is 5.92 Å². The summed E-state index contributed by atoms with van der Waals surface area (Å²) in [5, 5.41) is 4.37. The van der Waals surface area contributed by atoms with Crippen molar-refractivity contribution in [3.05, 3.63) is 34.3 Å². The maximum atomic E-state index is 6.46. The molecule has 1 aromatic carbocycles. The second-order valence-electron chi connectivity index (χ2n) is 5.47. The van der Waals surface area contributed by atoms with E-state index >= 15 is 0 Å². The first kappa shape index (κ1) is 16.5. The fourth-order valence-electron chi connectivity index (χ4n) is 2.65. The van der Waals surface area contributed by atoms with Crippen LogP contribution in [0.5, 0.6) is 0 Å². The van der Waals surface area contributed by atoms with Crippen LogP contribution in [-0.2, 0) is 0 Å². The van der Waals surface area contributed by atoms with Crippen LogP contribution in [0, 0.1) is 12.8 Å². The van der Waals surface area contributed by atoms with Crippen molar-refractivity contribution in [1.29, 1.82) is 0 Å². The molecule has 1 nitrogen and oxygen atoms in total. The minimum Gasteiger partial charge on any atom is -0.313 e. The number of aryl methyl sites for hydroxylation is 1. The SMILES string of the molecule is CCCCC(CC)CC(NC)c1cccc(C)c1Cl. The van der Waals surface area contributed by atoms with E-state index in [1.54, 1.807) is 0 Å². The Labute approximate surface area is 123 Å². The molecule has 1 N–H and O–H groups in total. The number of rotatable bonds is 8. The number of hydrogen-bond acceptors (Lipinski definition) is 1. The quantitative estimate of drug-likeness (QED) is 0.662. The first-order valence-electron chi connectivity index (χ1n) is 7.56. The van der Waals surface area contributed by atoms with Crippen molar-refractivity contribution >= 4 is 11.6 Å². The minimum absolute atomic E-state index is 0.370. The molecule has 2 heteroatoms. The van der Waals surface area contributed by atoms with E-state index in [0.29, 0.717) is 6.04 Å². The Kier molecular flexibility index (Phi) is 7.48. The van der Waals surface area contributed by atoms with E-state index in [1.807, 2.05) is 7.05 Å². The van der Waals surface area contributed by atoms with Crippen molar-refractivity contribution in [2.75, 3.05) is 7.05 Å². The molecule has 1 aromatic rings. The topological polar surface area (TPSA) is 12.0 Å². The van der Waals surface area contributed by atoms with Gasteiger partial charge in [-0.1, -0.05) is 69.3 Å². The molecular formula is C17H28ClN. The molecule has 0 aliphatic carbocycles. The van der Waals surface area contributed by atoms with Crippen LogP contribution in [0.25, 0.3) is 0 Å². The fraction of sp³-hybridized carbons (Fsp3) is 0.647. The van der Waals surface area contributed by atoms with Gasteiger partial charge in [0, 0.05) is 11.1 Å². The Morgan fingerprint density at radius 2 is 2.00 bits per heavy atom. The number of nitrogens with one attached hydrogen (secondary N) is 1. The normalized spacial score (nSPS) is 14.4. The molecule has 0 spiro atoms. The largest absolute Gasteiger partial charge is 0.313 e. The number of benzene rings is 1. The molecular weight excluding hydrogens is 254 g/mol. The lowest BCUT2D eigenvalue weighted by Crippen LogP contribution is -2.20. The average Bonchev–Trinajstić information content (AvgIpc) is 2.43. The van der Waals surface area contributed by atoms with Gasteiger partial charge in [-0.25, -0.2) is 0 Å². The molecule has 0 aliphatic heterocycles. The summed E-state index contributed by atoms with van der Waals surface area (Å²) < 4.78 is 0. The van der Waals surface area contributed by atoms with Crippen molar-refractivity contribution < 1.29 is 0 Å². The van der Waals surface area contributed by atoms with Crippen LogP contribution in [0.2, 0.25) is 5.02 Å². The summed E-state index contributed by atoms with van der Waals surface area (Å²) in [4.78, 5) is 0. The molecule has 0 radical (unpaired) electrons. The van der Waals surface area contributed by atoms with Crippen molar-refractivity contribution in [3.8, 4) is 0 Å². The van der Waals surface area contributed by atoms with Crippen LogP contribution < -0.4 is 5.32 Å². The molecule has 0 fully saturated rings. The van der Waals surface area contributed by atoms with Crippen LogP contribution in [0.3, 0.4) is 0 Å². The number of halogens is 1. The van der Waals surface area contributed by atoms with Crippen molar-refractivity contribution in [2.45, 2.75) is 58.9 Å². The van der Waals surface area contributed by atoms with Crippen molar-refractivity contribution in [3.63, 3.8) is 0 Å². The van der Waals surface area contributed by atoms with Gasteiger partial charge in [0.2, 0.25) is 0 Å². The lowest BCUT2D eigenvalue weighted by Gasteiger charge is -2.24. The highest BCUT2D eigenvalue weighted by atomic mass is 35.5. The van der Waals surface area contributed by atoms with Gasteiger partial charge in [-0.3, -0.25) is 0 Å². The average molecular weight is 282 g/mol. The van der Waals surface area contributed by atoms with E-state index < -0.39 is 0 Å². The molecule has 0 bridgehead atoms. The lowest BCUT2D eigenvalue weighted by atomic mass is 9.89. The fourth-order valence-corrected chi connectivity index (χ4v) is 2.91. The van der Waals surface area contributed by atoms with Gasteiger partial charge >= 0.3 is 0 Å². The highest BCUT2D eigenvalue weighted by Crippen LogP contribution is 2.32. The van der Waals surface area contributed by atoms with E-state index in [2.05, 4.69) is 44.3 Å². The molecule has 0 aromatic heterocycles. The van der Waals surface area contributed by atoms with Gasteiger partial charge in [0.25, 0.3) is 0 Å². The summed E-state index contributed by atoms with van der Waals surface area (Å²) in [5.41, 5.74) is 2.42. The Morgan fingerprint density at radius 3 is 2.58 bits per heavy atom. The molecule has 1 rings (SSSR count). The zero-order chi connectivity index (χ0) is 14.3. The second kappa shape index (κ2) is 8.60. The zero-order valence-corrected chi connectivity index (χ0v) is 13.6. The van der Waals surface area contributed by atoms with Gasteiger partial charge in [-0.2, -0.15) is 0 Å². The summed E-state index contributed by atoms with van der Waals surface area (Å²) in [6.07, 6.45) is 6.37. The molecule has 0 amide bonds. The van der Waals surface area contributed by atoms with Gasteiger partial charge in [0.05, 0.1) is 0 Å². The summed E-state index contributed by atoms with van der Waals surface area (Å²) in [7, 11) is 2.04. The van der Waals surface area contributed by atoms with E-state index in [0.717, 1.165) is 10.9 Å². The molecule has 0 saturated carbocycles. The molecule has 19 heavy (non-hydrogen) atoms. The highest BCUT2D eigenvalue weighted by molar-refractivity contribution is 6.32.